The minimum absolute atomic E-state index is 0.293. The number of ether oxygens (including phenoxy) is 2. The van der Waals surface area contributed by atoms with Crippen LogP contribution in [0.5, 0.6) is 0 Å². The first-order valence-electron chi connectivity index (χ1n) is 4.19. The molecule has 0 atom stereocenters. The van der Waals surface area contributed by atoms with Gasteiger partial charge in [0.1, 0.15) is 0 Å². The quantitative estimate of drug-likeness (QED) is 0.264. The fourth-order valence-electron chi connectivity index (χ4n) is 0.728. The van der Waals surface area contributed by atoms with Crippen molar-refractivity contribution in [3.05, 3.63) is 12.2 Å². The van der Waals surface area contributed by atoms with Gasteiger partial charge in [0.05, 0.1) is 6.61 Å². The fourth-order valence-corrected chi connectivity index (χ4v) is 0.875. The van der Waals surface area contributed by atoms with Gasteiger partial charge >= 0.3 is 8.69 Å². The van der Waals surface area contributed by atoms with E-state index < -0.39 is 0 Å². The average Bonchev–Trinajstić information content (AvgIpc) is 2.13. The van der Waals surface area contributed by atoms with Gasteiger partial charge in [-0.1, -0.05) is 6.08 Å². The van der Waals surface area contributed by atoms with Crippen molar-refractivity contribution in [1.82, 2.24) is 0 Å². The Bertz CT molecular complexity index is 143. The summed E-state index contributed by atoms with van der Waals surface area (Å²) < 4.78 is 24.9. The summed E-state index contributed by atoms with van der Waals surface area (Å²) in [7, 11) is -0.311. The summed E-state index contributed by atoms with van der Waals surface area (Å²) in [5.74, 6) is 0. The molecule has 0 aliphatic rings. The largest absolute Gasteiger partial charge is 0.349 e. The van der Waals surface area contributed by atoms with Crippen LogP contribution >= 0.6 is 8.69 Å². The summed E-state index contributed by atoms with van der Waals surface area (Å²) >= 11 is 0. The lowest BCUT2D eigenvalue weighted by Crippen LogP contribution is -2.14. The van der Waals surface area contributed by atoms with Crippen LogP contribution in [0.25, 0.3) is 0 Å². The van der Waals surface area contributed by atoms with Crippen molar-refractivity contribution >= 4 is 8.69 Å². The molecule has 76 valence electrons. The third-order valence-electron chi connectivity index (χ3n) is 1.18. The van der Waals surface area contributed by atoms with Gasteiger partial charge in [0.15, 0.2) is 6.29 Å². The molecule has 0 aliphatic heterocycles. The van der Waals surface area contributed by atoms with Gasteiger partial charge in [-0.2, -0.15) is 0 Å². The first-order valence-corrected chi connectivity index (χ1v) is 4.92. The zero-order valence-electron chi connectivity index (χ0n) is 7.93. The minimum Gasteiger partial charge on any atom is -0.349 e. The molecular weight excluding hydrogens is 191 g/mol. The summed E-state index contributed by atoms with van der Waals surface area (Å²) in [6.07, 6.45) is 3.11. The van der Waals surface area contributed by atoms with Gasteiger partial charge in [-0.15, -0.1) is 0 Å². The highest BCUT2D eigenvalue weighted by Crippen LogP contribution is 1.99. The first-order chi connectivity index (χ1) is 6.35. The van der Waals surface area contributed by atoms with Gasteiger partial charge in [0.2, 0.25) is 0 Å². The maximum absolute atomic E-state index is 9.88. The molecule has 0 N–H and O–H groups in total. The van der Waals surface area contributed by atoms with E-state index in [9.17, 15) is 4.57 Å². The molecule has 0 fully saturated rings. The molecule has 0 saturated carbocycles. The van der Waals surface area contributed by atoms with Crippen LogP contribution < -0.4 is 0 Å². The highest BCUT2D eigenvalue weighted by molar-refractivity contribution is 7.17. The third kappa shape index (κ3) is 8.06. The fraction of sp³-hybridized carbons (Fsp3) is 0.750. The molecule has 0 amide bonds. The van der Waals surface area contributed by atoms with Crippen LogP contribution in [0.1, 0.15) is 13.8 Å². The lowest BCUT2D eigenvalue weighted by atomic mass is 10.5. The zero-order valence-corrected chi connectivity index (χ0v) is 8.83. The van der Waals surface area contributed by atoms with Crippen molar-refractivity contribution in [2.24, 2.45) is 0 Å². The van der Waals surface area contributed by atoms with Crippen molar-refractivity contribution < 1.29 is 18.6 Å². The molecule has 0 aliphatic carbocycles. The highest BCUT2D eigenvalue weighted by atomic mass is 31.1. The van der Waals surface area contributed by atoms with E-state index in [1.54, 1.807) is 12.2 Å². The monoisotopic (exact) mass is 206 g/mol. The van der Waals surface area contributed by atoms with Crippen molar-refractivity contribution in [1.29, 1.82) is 0 Å². The van der Waals surface area contributed by atoms with Crippen LogP contribution in [0.15, 0.2) is 12.2 Å². The molecule has 4 nitrogen and oxygen atoms in total. The van der Waals surface area contributed by atoms with Gasteiger partial charge in [-0.3, -0.25) is 4.52 Å². The van der Waals surface area contributed by atoms with E-state index in [-0.39, 0.29) is 15.0 Å². The van der Waals surface area contributed by atoms with Gasteiger partial charge in [-0.05, 0) is 19.9 Å². The van der Waals surface area contributed by atoms with Crippen LogP contribution in [-0.4, -0.2) is 26.1 Å². The molecule has 0 rings (SSSR count). The van der Waals surface area contributed by atoms with E-state index in [4.69, 9.17) is 9.47 Å². The third-order valence-corrected chi connectivity index (χ3v) is 1.43. The second-order valence-electron chi connectivity index (χ2n) is 2.08. The Balaban J connectivity index is 3.64. The Labute approximate surface area is 80.2 Å². The van der Waals surface area contributed by atoms with Crippen LogP contribution in [0.2, 0.25) is 0 Å². The van der Waals surface area contributed by atoms with E-state index >= 15 is 0 Å². The second-order valence-corrected chi connectivity index (χ2v) is 2.48. The molecule has 0 aromatic rings. The van der Waals surface area contributed by atoms with Crippen molar-refractivity contribution in [3.63, 3.8) is 0 Å². The van der Waals surface area contributed by atoms with Crippen LogP contribution in [0.4, 0.5) is 0 Å². The summed E-state index contributed by atoms with van der Waals surface area (Å²) in [4.78, 5) is 0. The van der Waals surface area contributed by atoms with E-state index in [1.165, 1.54) is 0 Å². The Morgan fingerprint density at radius 2 is 1.92 bits per heavy atom. The maximum Gasteiger partial charge on any atom is 0.327 e. The van der Waals surface area contributed by atoms with Gasteiger partial charge in [0, 0.05) is 13.2 Å². The zero-order chi connectivity index (χ0) is 9.94. The molecule has 0 bridgehead atoms. The van der Waals surface area contributed by atoms with Gasteiger partial charge in [0.25, 0.3) is 0 Å². The molecule has 0 saturated heterocycles. The molecule has 13 heavy (non-hydrogen) atoms. The molecular formula is C8H15O4P. The highest BCUT2D eigenvalue weighted by Gasteiger charge is 2.00. The normalized spacial score (nSPS) is 11.9. The Kier molecular flexibility index (Phi) is 9.59. The molecule has 0 aromatic carbocycles. The standard InChI is InChI=1S/C8H15O4P/c1-3-10-8(11-4-2)6-5-7-12-13-9/h5-6,8H,3-4,7H2,1-2H3. The van der Waals surface area contributed by atoms with Gasteiger partial charge < -0.3 is 9.47 Å². The molecule has 0 radical (unpaired) electrons. The predicted molar refractivity (Wildman–Crippen MR) is 49.7 cm³/mol. The van der Waals surface area contributed by atoms with E-state index in [0.717, 1.165) is 0 Å². The SMILES string of the molecule is CCOC(C=CCOP=O)OCC. The Hall–Kier alpha value is -0.280. The molecule has 0 aromatic heterocycles. The van der Waals surface area contributed by atoms with Crippen molar-refractivity contribution in [2.75, 3.05) is 19.8 Å². The predicted octanol–water partition coefficient (Wildman–Crippen LogP) is 2.17. The van der Waals surface area contributed by atoms with Crippen LogP contribution in [0.3, 0.4) is 0 Å². The lowest BCUT2D eigenvalue weighted by Gasteiger charge is -2.11. The number of hydrogen-bond donors (Lipinski definition) is 0. The molecule has 5 heteroatoms. The Morgan fingerprint density at radius 3 is 2.38 bits per heavy atom. The summed E-state index contributed by atoms with van der Waals surface area (Å²) in [5, 5.41) is 0. The van der Waals surface area contributed by atoms with E-state index in [1.807, 2.05) is 13.8 Å². The lowest BCUT2D eigenvalue weighted by molar-refractivity contribution is -0.104. The van der Waals surface area contributed by atoms with Crippen LogP contribution in [0, 0.1) is 0 Å². The summed E-state index contributed by atoms with van der Waals surface area (Å²) in [6.45, 7) is 5.27. The van der Waals surface area contributed by atoms with Crippen molar-refractivity contribution in [3.8, 4) is 0 Å². The van der Waals surface area contributed by atoms with Crippen molar-refractivity contribution in [2.45, 2.75) is 20.1 Å². The maximum atomic E-state index is 9.88. The van der Waals surface area contributed by atoms with Crippen LogP contribution in [-0.2, 0) is 18.6 Å². The average molecular weight is 206 g/mol. The van der Waals surface area contributed by atoms with E-state index in [2.05, 4.69) is 4.52 Å². The summed E-state index contributed by atoms with van der Waals surface area (Å²) in [6, 6.07) is 0. The topological polar surface area (TPSA) is 44.8 Å². The number of rotatable bonds is 8. The minimum atomic E-state index is -0.332. The smallest absolute Gasteiger partial charge is 0.327 e. The summed E-state index contributed by atoms with van der Waals surface area (Å²) in [5.41, 5.74) is 0. The molecule has 0 spiro atoms. The van der Waals surface area contributed by atoms with E-state index in [0.29, 0.717) is 19.8 Å². The molecule has 0 unspecified atom stereocenters. The number of hydrogen-bond acceptors (Lipinski definition) is 4. The Morgan fingerprint density at radius 1 is 1.31 bits per heavy atom. The molecule has 0 heterocycles. The van der Waals surface area contributed by atoms with Gasteiger partial charge in [-0.25, -0.2) is 4.57 Å². The first kappa shape index (κ1) is 12.7. The second kappa shape index (κ2) is 9.81.